The van der Waals surface area contributed by atoms with Crippen molar-refractivity contribution in [2.45, 2.75) is 52.1 Å². The zero-order valence-electron chi connectivity index (χ0n) is 10.5. The molecule has 0 fully saturated rings. The van der Waals surface area contributed by atoms with Gasteiger partial charge in [-0.25, -0.2) is 0 Å². The Hall–Kier alpha value is -1.10. The molecule has 3 N–H and O–H groups in total. The molecule has 1 atom stereocenters. The summed E-state index contributed by atoms with van der Waals surface area (Å²) in [5, 5.41) is 14.3. The minimum atomic E-state index is -0.812. The molecule has 0 spiro atoms. The van der Waals surface area contributed by atoms with Gasteiger partial charge < -0.3 is 15.7 Å². The van der Waals surface area contributed by atoms with Gasteiger partial charge in [-0.05, 0) is 34.1 Å². The van der Waals surface area contributed by atoms with Crippen LogP contribution in [0.4, 0.5) is 0 Å². The highest BCUT2D eigenvalue weighted by Gasteiger charge is 2.14. The molecule has 0 radical (unpaired) electrons. The first-order valence-corrected chi connectivity index (χ1v) is 5.47. The van der Waals surface area contributed by atoms with Crippen molar-refractivity contribution < 1.29 is 14.7 Å². The third-order valence-electron chi connectivity index (χ3n) is 1.92. The number of hydrogen-bond donors (Lipinski definition) is 3. The third kappa shape index (κ3) is 9.45. The van der Waals surface area contributed by atoms with Crippen LogP contribution in [0.1, 0.15) is 40.5 Å². The number of aliphatic carboxylic acids is 1. The Kier molecular flexibility index (Phi) is 6.03. The molecule has 0 rings (SSSR count). The van der Waals surface area contributed by atoms with E-state index < -0.39 is 5.97 Å². The number of carbonyl (C=O) groups excluding carboxylic acids is 1. The fraction of sp³-hybridized carbons (Fsp3) is 0.818. The van der Waals surface area contributed by atoms with E-state index in [9.17, 15) is 9.59 Å². The van der Waals surface area contributed by atoms with Gasteiger partial charge in [-0.15, -0.1) is 0 Å². The maximum atomic E-state index is 11.4. The Morgan fingerprint density at radius 2 is 1.88 bits per heavy atom. The lowest BCUT2D eigenvalue weighted by Crippen LogP contribution is -2.46. The zero-order chi connectivity index (χ0) is 12.8. The minimum absolute atomic E-state index is 0.0295. The van der Waals surface area contributed by atoms with Crippen LogP contribution in [-0.2, 0) is 9.59 Å². The lowest BCUT2D eigenvalue weighted by Gasteiger charge is -2.21. The second kappa shape index (κ2) is 6.48. The van der Waals surface area contributed by atoms with Gasteiger partial charge in [-0.1, -0.05) is 0 Å². The zero-order valence-corrected chi connectivity index (χ0v) is 10.5. The van der Waals surface area contributed by atoms with Gasteiger partial charge in [-0.3, -0.25) is 9.59 Å². The van der Waals surface area contributed by atoms with Crippen molar-refractivity contribution in [3.63, 3.8) is 0 Å². The lowest BCUT2D eigenvalue weighted by molar-refractivity contribution is -0.137. The highest BCUT2D eigenvalue weighted by atomic mass is 16.4. The van der Waals surface area contributed by atoms with Crippen LogP contribution in [0, 0.1) is 0 Å². The maximum Gasteiger partial charge on any atom is 0.303 e. The molecular formula is C11H22N2O3. The molecule has 0 aromatic rings. The monoisotopic (exact) mass is 230 g/mol. The Balaban J connectivity index is 3.71. The smallest absolute Gasteiger partial charge is 0.303 e. The third-order valence-corrected chi connectivity index (χ3v) is 1.92. The summed E-state index contributed by atoms with van der Waals surface area (Å²) < 4.78 is 0. The molecule has 0 saturated heterocycles. The van der Waals surface area contributed by atoms with Crippen LogP contribution in [-0.4, -0.2) is 35.1 Å². The summed E-state index contributed by atoms with van der Waals surface area (Å²) in [6.45, 7) is 7.83. The fourth-order valence-corrected chi connectivity index (χ4v) is 1.17. The van der Waals surface area contributed by atoms with E-state index in [1.807, 2.05) is 27.7 Å². The van der Waals surface area contributed by atoms with Crippen LogP contribution in [0.2, 0.25) is 0 Å². The average Bonchev–Trinajstić information content (AvgIpc) is 2.08. The van der Waals surface area contributed by atoms with Crippen LogP contribution in [0.25, 0.3) is 0 Å². The molecule has 5 heteroatoms. The molecule has 0 aliphatic heterocycles. The van der Waals surface area contributed by atoms with Crippen molar-refractivity contribution in [3.05, 3.63) is 0 Å². The number of rotatable bonds is 6. The summed E-state index contributed by atoms with van der Waals surface area (Å²) in [6.07, 6.45) is 0.646. The van der Waals surface area contributed by atoms with Crippen LogP contribution < -0.4 is 10.6 Å². The van der Waals surface area contributed by atoms with E-state index in [-0.39, 0.29) is 30.5 Å². The molecule has 1 unspecified atom stereocenters. The van der Waals surface area contributed by atoms with Crippen molar-refractivity contribution in [2.75, 3.05) is 6.54 Å². The largest absolute Gasteiger partial charge is 0.481 e. The molecule has 0 aliphatic rings. The van der Waals surface area contributed by atoms with E-state index in [4.69, 9.17) is 5.11 Å². The number of hydrogen-bond acceptors (Lipinski definition) is 3. The fourth-order valence-electron chi connectivity index (χ4n) is 1.17. The molecule has 0 aromatic heterocycles. The van der Waals surface area contributed by atoms with Gasteiger partial charge in [0.25, 0.3) is 0 Å². The Morgan fingerprint density at radius 1 is 1.31 bits per heavy atom. The quantitative estimate of drug-likeness (QED) is 0.629. The predicted molar refractivity (Wildman–Crippen MR) is 62.2 cm³/mol. The highest BCUT2D eigenvalue weighted by molar-refractivity contribution is 5.78. The van der Waals surface area contributed by atoms with Crippen molar-refractivity contribution in [1.29, 1.82) is 0 Å². The standard InChI is InChI=1S/C11H22N2O3/c1-8(5-6-10(15)16)12-7-9(14)13-11(2,3)4/h8,12H,5-7H2,1-4H3,(H,13,14)(H,15,16). The molecule has 94 valence electrons. The number of carboxylic acid groups (broad SMARTS) is 1. The second-order valence-electron chi connectivity index (χ2n) is 5.01. The summed E-state index contributed by atoms with van der Waals surface area (Å²) in [5.74, 6) is -0.887. The van der Waals surface area contributed by atoms with Crippen LogP contribution >= 0.6 is 0 Å². The molecule has 0 aliphatic carbocycles. The van der Waals surface area contributed by atoms with Gasteiger partial charge in [0.15, 0.2) is 0 Å². The van der Waals surface area contributed by atoms with Gasteiger partial charge in [0.2, 0.25) is 5.91 Å². The first-order chi connectivity index (χ1) is 7.20. The Labute approximate surface area is 96.6 Å². The number of amides is 1. The molecule has 0 bridgehead atoms. The van der Waals surface area contributed by atoms with E-state index in [0.29, 0.717) is 6.42 Å². The van der Waals surface area contributed by atoms with E-state index >= 15 is 0 Å². The molecule has 0 heterocycles. The molecule has 0 saturated carbocycles. The van der Waals surface area contributed by atoms with Gasteiger partial charge in [0, 0.05) is 18.0 Å². The van der Waals surface area contributed by atoms with E-state index in [1.54, 1.807) is 0 Å². The summed E-state index contributed by atoms with van der Waals surface area (Å²) in [6, 6.07) is 0.0295. The highest BCUT2D eigenvalue weighted by Crippen LogP contribution is 1.98. The molecule has 1 amide bonds. The first-order valence-electron chi connectivity index (χ1n) is 5.47. The molecule has 5 nitrogen and oxygen atoms in total. The van der Waals surface area contributed by atoms with Gasteiger partial charge >= 0.3 is 5.97 Å². The summed E-state index contributed by atoms with van der Waals surface area (Å²) in [7, 11) is 0. The summed E-state index contributed by atoms with van der Waals surface area (Å²) in [4.78, 5) is 21.7. The number of nitrogens with one attached hydrogen (secondary N) is 2. The van der Waals surface area contributed by atoms with Crippen molar-refractivity contribution in [2.24, 2.45) is 0 Å². The summed E-state index contributed by atoms with van der Waals surface area (Å²) >= 11 is 0. The molecule has 0 aromatic carbocycles. The van der Waals surface area contributed by atoms with Crippen molar-refractivity contribution in [1.82, 2.24) is 10.6 Å². The number of carboxylic acids is 1. The number of carbonyl (C=O) groups is 2. The normalized spacial score (nSPS) is 13.2. The predicted octanol–water partition coefficient (Wildman–Crippen LogP) is 0.744. The van der Waals surface area contributed by atoms with Crippen LogP contribution in [0.3, 0.4) is 0 Å². The van der Waals surface area contributed by atoms with Crippen molar-refractivity contribution >= 4 is 11.9 Å². The van der Waals surface area contributed by atoms with Crippen molar-refractivity contribution in [3.8, 4) is 0 Å². The SMILES string of the molecule is CC(CCC(=O)O)NCC(=O)NC(C)(C)C. The van der Waals surface area contributed by atoms with Crippen LogP contribution in [0.5, 0.6) is 0 Å². The van der Waals surface area contributed by atoms with Gasteiger partial charge in [-0.2, -0.15) is 0 Å². The average molecular weight is 230 g/mol. The second-order valence-corrected chi connectivity index (χ2v) is 5.01. The van der Waals surface area contributed by atoms with E-state index in [2.05, 4.69) is 10.6 Å². The first kappa shape index (κ1) is 14.9. The lowest BCUT2D eigenvalue weighted by atomic mass is 10.1. The Bertz CT molecular complexity index is 246. The van der Waals surface area contributed by atoms with Gasteiger partial charge in [0.05, 0.1) is 6.54 Å². The maximum absolute atomic E-state index is 11.4. The van der Waals surface area contributed by atoms with Crippen LogP contribution in [0.15, 0.2) is 0 Å². The topological polar surface area (TPSA) is 78.4 Å². The Morgan fingerprint density at radius 3 is 2.31 bits per heavy atom. The van der Waals surface area contributed by atoms with E-state index in [1.165, 1.54) is 0 Å². The molecular weight excluding hydrogens is 208 g/mol. The summed E-state index contributed by atoms with van der Waals surface area (Å²) in [5.41, 5.74) is -0.233. The van der Waals surface area contributed by atoms with E-state index in [0.717, 1.165) is 0 Å². The molecule has 16 heavy (non-hydrogen) atoms. The minimum Gasteiger partial charge on any atom is -0.481 e. The van der Waals surface area contributed by atoms with Gasteiger partial charge in [0.1, 0.15) is 0 Å².